The van der Waals surface area contributed by atoms with Crippen molar-refractivity contribution < 1.29 is 9.53 Å². The zero-order valence-corrected chi connectivity index (χ0v) is 10.8. The van der Waals surface area contributed by atoms with Crippen molar-refractivity contribution in [2.75, 3.05) is 11.9 Å². The number of nitrogens with one attached hydrogen (secondary N) is 1. The molecule has 19 heavy (non-hydrogen) atoms. The molecule has 0 aliphatic carbocycles. The lowest BCUT2D eigenvalue weighted by atomic mass is 10.1. The third-order valence-corrected chi connectivity index (χ3v) is 2.68. The Hall–Kier alpha value is -2.36. The number of hydrogen-bond donors (Lipinski definition) is 1. The lowest BCUT2D eigenvalue weighted by Crippen LogP contribution is -2.20. The van der Waals surface area contributed by atoms with Gasteiger partial charge in [0.15, 0.2) is 6.61 Å². The standard InChI is InChI=1S/C15H16N2O2/c1-2-12-6-3-4-8-14(12)17-15(18)11-19-13-7-5-9-16-10-13/h3-10H,2,11H2,1H3,(H,17,18). The minimum atomic E-state index is -0.176. The molecule has 0 spiro atoms. The molecule has 2 rings (SSSR count). The number of para-hydroxylation sites is 1. The van der Waals surface area contributed by atoms with Crippen LogP contribution in [0.15, 0.2) is 48.8 Å². The first kappa shape index (κ1) is 13.1. The fraction of sp³-hybridized carbons (Fsp3) is 0.200. The highest BCUT2D eigenvalue weighted by Gasteiger charge is 2.06. The van der Waals surface area contributed by atoms with Gasteiger partial charge in [0.1, 0.15) is 5.75 Å². The molecule has 0 aliphatic heterocycles. The number of nitrogens with zero attached hydrogens (tertiary/aromatic N) is 1. The van der Waals surface area contributed by atoms with Crippen LogP contribution < -0.4 is 10.1 Å². The third kappa shape index (κ3) is 3.81. The van der Waals surface area contributed by atoms with Crippen molar-refractivity contribution in [2.24, 2.45) is 0 Å². The molecule has 1 amide bonds. The Balaban J connectivity index is 1.91. The maximum Gasteiger partial charge on any atom is 0.262 e. The zero-order chi connectivity index (χ0) is 13.5. The van der Waals surface area contributed by atoms with Gasteiger partial charge in [0.05, 0.1) is 6.20 Å². The molecule has 0 bridgehead atoms. The quantitative estimate of drug-likeness (QED) is 0.894. The summed E-state index contributed by atoms with van der Waals surface area (Å²) in [6, 6.07) is 11.3. The van der Waals surface area contributed by atoms with Crippen LogP contribution >= 0.6 is 0 Å². The Bertz CT molecular complexity index is 541. The Morgan fingerprint density at radius 3 is 2.84 bits per heavy atom. The highest BCUT2D eigenvalue weighted by atomic mass is 16.5. The van der Waals surface area contributed by atoms with Crippen molar-refractivity contribution in [1.82, 2.24) is 4.98 Å². The van der Waals surface area contributed by atoms with E-state index in [4.69, 9.17) is 4.74 Å². The monoisotopic (exact) mass is 256 g/mol. The van der Waals surface area contributed by atoms with Crippen LogP contribution in [0.25, 0.3) is 0 Å². The van der Waals surface area contributed by atoms with Gasteiger partial charge in [-0.25, -0.2) is 0 Å². The van der Waals surface area contributed by atoms with Crippen molar-refractivity contribution in [3.05, 3.63) is 54.4 Å². The van der Waals surface area contributed by atoms with Gasteiger partial charge in [0.2, 0.25) is 0 Å². The molecule has 1 aromatic carbocycles. The summed E-state index contributed by atoms with van der Waals surface area (Å²) in [5, 5.41) is 2.85. The van der Waals surface area contributed by atoms with E-state index in [0.29, 0.717) is 5.75 Å². The van der Waals surface area contributed by atoms with Crippen LogP contribution in [0.5, 0.6) is 5.75 Å². The second kappa shape index (κ2) is 6.54. The highest BCUT2D eigenvalue weighted by Crippen LogP contribution is 2.15. The topological polar surface area (TPSA) is 51.2 Å². The zero-order valence-electron chi connectivity index (χ0n) is 10.8. The summed E-state index contributed by atoms with van der Waals surface area (Å²) in [5.74, 6) is 0.408. The number of anilines is 1. The number of pyridine rings is 1. The SMILES string of the molecule is CCc1ccccc1NC(=O)COc1cccnc1. The molecule has 2 aromatic rings. The number of hydrogen-bond acceptors (Lipinski definition) is 3. The van der Waals surface area contributed by atoms with Crippen LogP contribution in [0.2, 0.25) is 0 Å². The van der Waals surface area contributed by atoms with E-state index in [1.54, 1.807) is 24.5 Å². The lowest BCUT2D eigenvalue weighted by Gasteiger charge is -2.10. The summed E-state index contributed by atoms with van der Waals surface area (Å²) in [7, 11) is 0. The molecule has 0 saturated heterocycles. The van der Waals surface area contributed by atoms with E-state index in [1.807, 2.05) is 24.3 Å². The number of amides is 1. The molecule has 0 aliphatic rings. The fourth-order valence-electron chi connectivity index (χ4n) is 1.72. The van der Waals surface area contributed by atoms with Crippen molar-refractivity contribution >= 4 is 11.6 Å². The van der Waals surface area contributed by atoms with E-state index in [9.17, 15) is 4.79 Å². The minimum Gasteiger partial charge on any atom is -0.482 e. The average molecular weight is 256 g/mol. The molecule has 98 valence electrons. The van der Waals surface area contributed by atoms with Crippen LogP contribution in [0, 0.1) is 0 Å². The van der Waals surface area contributed by atoms with E-state index >= 15 is 0 Å². The Morgan fingerprint density at radius 2 is 2.11 bits per heavy atom. The Kier molecular flexibility index (Phi) is 4.50. The number of aromatic nitrogens is 1. The van der Waals surface area contributed by atoms with Gasteiger partial charge < -0.3 is 10.1 Å². The first-order valence-corrected chi connectivity index (χ1v) is 6.20. The second-order valence-corrected chi connectivity index (χ2v) is 4.04. The molecule has 0 unspecified atom stereocenters. The van der Waals surface area contributed by atoms with Gasteiger partial charge in [-0.2, -0.15) is 0 Å². The van der Waals surface area contributed by atoms with Crippen molar-refractivity contribution in [1.29, 1.82) is 0 Å². The first-order chi connectivity index (χ1) is 9.29. The van der Waals surface area contributed by atoms with E-state index in [2.05, 4.69) is 17.2 Å². The number of ether oxygens (including phenoxy) is 1. The van der Waals surface area contributed by atoms with Crippen LogP contribution in [0.4, 0.5) is 5.69 Å². The van der Waals surface area contributed by atoms with Gasteiger partial charge in [-0.1, -0.05) is 25.1 Å². The summed E-state index contributed by atoms with van der Waals surface area (Å²) in [6.07, 6.45) is 4.11. The van der Waals surface area contributed by atoms with Gasteiger partial charge in [-0.3, -0.25) is 9.78 Å². The Labute approximate surface area is 112 Å². The lowest BCUT2D eigenvalue weighted by molar-refractivity contribution is -0.118. The summed E-state index contributed by atoms with van der Waals surface area (Å²) in [5.41, 5.74) is 1.95. The molecule has 0 fully saturated rings. The fourth-order valence-corrected chi connectivity index (χ4v) is 1.72. The largest absolute Gasteiger partial charge is 0.482 e. The van der Waals surface area contributed by atoms with E-state index in [1.165, 1.54) is 0 Å². The first-order valence-electron chi connectivity index (χ1n) is 6.20. The number of aryl methyl sites for hydroxylation is 1. The van der Waals surface area contributed by atoms with Crippen LogP contribution in [0.1, 0.15) is 12.5 Å². The summed E-state index contributed by atoms with van der Waals surface area (Å²) >= 11 is 0. The van der Waals surface area contributed by atoms with Gasteiger partial charge in [-0.15, -0.1) is 0 Å². The maximum atomic E-state index is 11.8. The van der Waals surface area contributed by atoms with E-state index in [0.717, 1.165) is 17.7 Å². The molecule has 0 atom stereocenters. The molecule has 1 heterocycles. The van der Waals surface area contributed by atoms with Crippen molar-refractivity contribution in [3.63, 3.8) is 0 Å². The number of carbonyl (C=O) groups is 1. The predicted octanol–water partition coefficient (Wildman–Crippen LogP) is 2.66. The van der Waals surface area contributed by atoms with E-state index in [-0.39, 0.29) is 12.5 Å². The van der Waals surface area contributed by atoms with Gasteiger partial charge in [-0.05, 0) is 30.2 Å². The molecular weight excluding hydrogens is 240 g/mol. The Morgan fingerprint density at radius 1 is 1.26 bits per heavy atom. The second-order valence-electron chi connectivity index (χ2n) is 4.04. The van der Waals surface area contributed by atoms with Crippen LogP contribution in [-0.2, 0) is 11.2 Å². The third-order valence-electron chi connectivity index (χ3n) is 2.68. The summed E-state index contributed by atoms with van der Waals surface area (Å²) in [4.78, 5) is 15.7. The molecule has 1 aromatic heterocycles. The molecule has 0 radical (unpaired) electrons. The highest BCUT2D eigenvalue weighted by molar-refractivity contribution is 5.92. The smallest absolute Gasteiger partial charge is 0.262 e. The summed E-state index contributed by atoms with van der Waals surface area (Å²) in [6.45, 7) is 2.03. The molecule has 4 heteroatoms. The van der Waals surface area contributed by atoms with Crippen LogP contribution in [-0.4, -0.2) is 17.5 Å². The average Bonchev–Trinajstić information content (AvgIpc) is 2.47. The number of carbonyl (C=O) groups excluding carboxylic acids is 1. The van der Waals surface area contributed by atoms with Gasteiger partial charge in [0, 0.05) is 11.9 Å². The van der Waals surface area contributed by atoms with Gasteiger partial charge in [0.25, 0.3) is 5.91 Å². The summed E-state index contributed by atoms with van der Waals surface area (Å²) < 4.78 is 5.34. The van der Waals surface area contributed by atoms with Crippen LogP contribution in [0.3, 0.4) is 0 Å². The maximum absolute atomic E-state index is 11.8. The van der Waals surface area contributed by atoms with Crippen molar-refractivity contribution in [2.45, 2.75) is 13.3 Å². The normalized spacial score (nSPS) is 9.95. The molecule has 4 nitrogen and oxygen atoms in total. The molecule has 1 N–H and O–H groups in total. The van der Waals surface area contributed by atoms with Gasteiger partial charge >= 0.3 is 0 Å². The van der Waals surface area contributed by atoms with Crippen molar-refractivity contribution in [3.8, 4) is 5.75 Å². The molecular formula is C15H16N2O2. The van der Waals surface area contributed by atoms with E-state index < -0.39 is 0 Å². The molecule has 0 saturated carbocycles. The number of benzene rings is 1. The number of rotatable bonds is 5. The predicted molar refractivity (Wildman–Crippen MR) is 74.2 cm³/mol. The minimum absolute atomic E-state index is 0.0241.